The molecule has 2 aromatic heterocycles. The molecule has 2 atom stereocenters. The topological polar surface area (TPSA) is 124 Å². The quantitative estimate of drug-likeness (QED) is 0.462. The Morgan fingerprint density at radius 1 is 1.31 bits per heavy atom. The molecule has 3 aromatic rings. The molecule has 29 heavy (non-hydrogen) atoms. The number of carbonyl (C=O) groups excluding carboxylic acids is 1. The van der Waals surface area contributed by atoms with Gasteiger partial charge in [0.1, 0.15) is 5.82 Å². The number of hydrogen-bond acceptors (Lipinski definition) is 6. The van der Waals surface area contributed by atoms with E-state index in [0.29, 0.717) is 5.69 Å². The molecular weight excluding hydrogens is 373 g/mol. The molecular formula is C20H26FN7O. The second-order valence-corrected chi connectivity index (χ2v) is 7.14. The number of nitrogens with two attached hydrogens (primary N) is 2. The molecule has 6 N–H and O–H groups in total. The number of anilines is 3. The van der Waals surface area contributed by atoms with E-state index < -0.39 is 11.7 Å². The third-order valence-corrected chi connectivity index (χ3v) is 4.81. The molecule has 1 aromatic carbocycles. The maximum absolute atomic E-state index is 14.6. The minimum Gasteiger partial charge on any atom is -0.365 e. The Labute approximate surface area is 168 Å². The van der Waals surface area contributed by atoms with E-state index in [1.54, 1.807) is 10.9 Å². The van der Waals surface area contributed by atoms with Crippen molar-refractivity contribution in [1.82, 2.24) is 14.8 Å². The van der Waals surface area contributed by atoms with Crippen LogP contribution in [0.3, 0.4) is 0 Å². The number of amides is 1. The second-order valence-electron chi connectivity index (χ2n) is 7.14. The van der Waals surface area contributed by atoms with Crippen LogP contribution >= 0.6 is 0 Å². The first-order chi connectivity index (χ1) is 13.8. The predicted octanol–water partition coefficient (Wildman–Crippen LogP) is 2.88. The lowest BCUT2D eigenvalue weighted by atomic mass is 10.1. The van der Waals surface area contributed by atoms with E-state index >= 15 is 0 Å². The minimum absolute atomic E-state index is 0.0230. The molecule has 0 fully saturated rings. The van der Waals surface area contributed by atoms with Gasteiger partial charge in [-0.3, -0.25) is 9.48 Å². The van der Waals surface area contributed by atoms with Crippen LogP contribution < -0.4 is 22.1 Å². The molecule has 154 valence electrons. The minimum atomic E-state index is -0.774. The van der Waals surface area contributed by atoms with Crippen molar-refractivity contribution < 1.29 is 9.18 Å². The number of nitrogens with zero attached hydrogens (tertiary/aromatic N) is 3. The summed E-state index contributed by atoms with van der Waals surface area (Å²) >= 11 is 0. The van der Waals surface area contributed by atoms with Gasteiger partial charge in [0.25, 0.3) is 5.91 Å². The van der Waals surface area contributed by atoms with Crippen LogP contribution in [-0.2, 0) is 7.05 Å². The lowest BCUT2D eigenvalue weighted by molar-refractivity contribution is 0.100. The zero-order chi connectivity index (χ0) is 21.1. The van der Waals surface area contributed by atoms with Crippen LogP contribution in [0.15, 0.2) is 30.5 Å². The summed E-state index contributed by atoms with van der Waals surface area (Å²) in [4.78, 5) is 16.2. The van der Waals surface area contributed by atoms with Gasteiger partial charge in [0.15, 0.2) is 11.6 Å². The smallest absolute Gasteiger partial charge is 0.252 e. The Morgan fingerprint density at radius 2 is 2.07 bits per heavy atom. The van der Waals surface area contributed by atoms with Gasteiger partial charge in [-0.05, 0) is 37.6 Å². The van der Waals surface area contributed by atoms with Crippen molar-refractivity contribution in [2.45, 2.75) is 38.8 Å². The van der Waals surface area contributed by atoms with Crippen molar-refractivity contribution in [2.75, 3.05) is 10.6 Å². The maximum Gasteiger partial charge on any atom is 0.252 e. The first-order valence-electron chi connectivity index (χ1n) is 9.51. The van der Waals surface area contributed by atoms with Gasteiger partial charge in [0.2, 0.25) is 0 Å². The highest BCUT2D eigenvalue weighted by molar-refractivity contribution is 5.99. The van der Waals surface area contributed by atoms with Gasteiger partial charge >= 0.3 is 0 Å². The SMILES string of the molecule is CCCC(Nc1nc(Nc2ccc3cnn(C)c3c2)c(C(N)=O)cc1F)C(C)N. The Bertz CT molecular complexity index is 1030. The number of pyridine rings is 1. The molecule has 0 aliphatic rings. The molecule has 9 heteroatoms. The lowest BCUT2D eigenvalue weighted by Crippen LogP contribution is -2.38. The molecule has 0 saturated carbocycles. The highest BCUT2D eigenvalue weighted by atomic mass is 19.1. The van der Waals surface area contributed by atoms with Crippen LogP contribution in [0.2, 0.25) is 0 Å². The molecule has 3 rings (SSSR count). The summed E-state index contributed by atoms with van der Waals surface area (Å²) in [5.74, 6) is -1.24. The third-order valence-electron chi connectivity index (χ3n) is 4.81. The van der Waals surface area contributed by atoms with E-state index in [2.05, 4.69) is 20.7 Å². The number of rotatable bonds is 8. The Balaban J connectivity index is 1.98. The van der Waals surface area contributed by atoms with Gasteiger partial charge in [0.05, 0.1) is 17.3 Å². The predicted molar refractivity (Wildman–Crippen MR) is 113 cm³/mol. The number of aryl methyl sites for hydroxylation is 1. The van der Waals surface area contributed by atoms with Crippen molar-refractivity contribution >= 4 is 34.1 Å². The summed E-state index contributed by atoms with van der Waals surface area (Å²) in [6, 6.07) is 6.33. The number of hydrogen-bond donors (Lipinski definition) is 4. The summed E-state index contributed by atoms with van der Waals surface area (Å²) in [6.45, 7) is 3.88. The van der Waals surface area contributed by atoms with Gasteiger partial charge in [0, 0.05) is 30.2 Å². The summed E-state index contributed by atoms with van der Waals surface area (Å²) in [6.07, 6.45) is 3.40. The van der Waals surface area contributed by atoms with E-state index in [-0.39, 0.29) is 29.3 Å². The first-order valence-corrected chi connectivity index (χ1v) is 9.51. The fraction of sp³-hybridized carbons (Fsp3) is 0.350. The van der Waals surface area contributed by atoms with Crippen LogP contribution in [0.25, 0.3) is 10.9 Å². The van der Waals surface area contributed by atoms with Crippen molar-refractivity contribution in [1.29, 1.82) is 0 Å². The lowest BCUT2D eigenvalue weighted by Gasteiger charge is -2.23. The molecule has 0 aliphatic heterocycles. The summed E-state index contributed by atoms with van der Waals surface area (Å²) in [5, 5.41) is 11.3. The second kappa shape index (κ2) is 8.44. The highest BCUT2D eigenvalue weighted by Crippen LogP contribution is 2.26. The normalized spacial score (nSPS) is 13.3. The van der Waals surface area contributed by atoms with Crippen LogP contribution in [0.1, 0.15) is 37.0 Å². The van der Waals surface area contributed by atoms with E-state index in [4.69, 9.17) is 11.5 Å². The van der Waals surface area contributed by atoms with E-state index in [1.165, 1.54) is 0 Å². The van der Waals surface area contributed by atoms with Crippen LogP contribution in [0.4, 0.5) is 21.7 Å². The van der Waals surface area contributed by atoms with E-state index in [9.17, 15) is 9.18 Å². The monoisotopic (exact) mass is 399 g/mol. The number of benzene rings is 1. The average molecular weight is 399 g/mol. The van der Waals surface area contributed by atoms with Gasteiger partial charge in [-0.1, -0.05) is 13.3 Å². The molecule has 2 heterocycles. The molecule has 0 saturated heterocycles. The van der Waals surface area contributed by atoms with Crippen molar-refractivity contribution in [3.8, 4) is 0 Å². The molecule has 2 unspecified atom stereocenters. The molecule has 8 nitrogen and oxygen atoms in total. The van der Waals surface area contributed by atoms with Crippen LogP contribution in [0.5, 0.6) is 0 Å². The number of nitrogens with one attached hydrogen (secondary N) is 2. The Morgan fingerprint density at radius 3 is 2.72 bits per heavy atom. The summed E-state index contributed by atoms with van der Waals surface area (Å²) in [5.41, 5.74) is 13.0. The third kappa shape index (κ3) is 4.45. The first kappa shape index (κ1) is 20.5. The van der Waals surface area contributed by atoms with Gasteiger partial charge in [-0.25, -0.2) is 9.37 Å². The van der Waals surface area contributed by atoms with Crippen molar-refractivity contribution in [3.05, 3.63) is 41.8 Å². The number of carbonyl (C=O) groups is 1. The average Bonchev–Trinajstić information content (AvgIpc) is 3.03. The number of aromatic nitrogens is 3. The molecule has 1 amide bonds. The van der Waals surface area contributed by atoms with Crippen molar-refractivity contribution in [2.24, 2.45) is 18.5 Å². The summed E-state index contributed by atoms with van der Waals surface area (Å²) < 4.78 is 16.3. The fourth-order valence-electron chi connectivity index (χ4n) is 3.18. The highest BCUT2D eigenvalue weighted by Gasteiger charge is 2.20. The number of halogens is 1. The summed E-state index contributed by atoms with van der Waals surface area (Å²) in [7, 11) is 1.83. The molecule has 0 aliphatic carbocycles. The maximum atomic E-state index is 14.6. The van der Waals surface area contributed by atoms with Crippen LogP contribution in [-0.4, -0.2) is 32.8 Å². The molecule has 0 bridgehead atoms. The van der Waals surface area contributed by atoms with E-state index in [0.717, 1.165) is 29.8 Å². The Kier molecular flexibility index (Phi) is 5.97. The standard InChI is InChI=1S/C20H26FN7O/c1-4-5-16(11(2)22)26-20-15(21)9-14(18(23)29)19(27-20)25-13-7-6-12-10-24-28(3)17(12)8-13/h6-11,16H,4-5,22H2,1-3H3,(H2,23,29)(H2,25,26,27). The zero-order valence-electron chi connectivity index (χ0n) is 16.7. The van der Waals surface area contributed by atoms with Gasteiger partial charge < -0.3 is 22.1 Å². The largest absolute Gasteiger partial charge is 0.365 e. The number of fused-ring (bicyclic) bond motifs is 1. The van der Waals surface area contributed by atoms with Crippen LogP contribution in [0, 0.1) is 5.82 Å². The van der Waals surface area contributed by atoms with E-state index in [1.807, 2.05) is 39.1 Å². The number of primary amides is 1. The van der Waals surface area contributed by atoms with Gasteiger partial charge in [-0.15, -0.1) is 0 Å². The fourth-order valence-corrected chi connectivity index (χ4v) is 3.18. The molecule has 0 radical (unpaired) electrons. The van der Waals surface area contributed by atoms with Crippen molar-refractivity contribution in [3.63, 3.8) is 0 Å². The van der Waals surface area contributed by atoms with Gasteiger partial charge in [-0.2, -0.15) is 5.10 Å². The molecule has 0 spiro atoms. The Hall–Kier alpha value is -3.20. The zero-order valence-corrected chi connectivity index (χ0v) is 16.7.